The zero-order valence-electron chi connectivity index (χ0n) is 25.1. The Morgan fingerprint density at radius 2 is 1.60 bits per heavy atom. The van der Waals surface area contributed by atoms with Gasteiger partial charge in [0.1, 0.15) is 41.7 Å². The van der Waals surface area contributed by atoms with E-state index in [0.717, 1.165) is 62.5 Å². The van der Waals surface area contributed by atoms with Gasteiger partial charge >= 0.3 is 5.97 Å². The average Bonchev–Trinajstić information content (AvgIpc) is 3.70. The number of hydrogen-bond acceptors (Lipinski definition) is 13. The van der Waals surface area contributed by atoms with Crippen LogP contribution in [-0.2, 0) is 35.0 Å². The maximum Gasteiger partial charge on any atom is 0.323 e. The number of carboxylic acid groups (broad SMARTS) is 1. The Kier molecular flexibility index (Phi) is 9.69. The first-order valence-electron chi connectivity index (χ1n) is 13.9. The van der Waals surface area contributed by atoms with E-state index in [9.17, 15) is 47.8 Å². The molecule has 1 aliphatic carbocycles. The minimum Gasteiger partial charge on any atom is -0.480 e. The van der Waals surface area contributed by atoms with Crippen molar-refractivity contribution in [1.29, 1.82) is 10.5 Å². The molecule has 0 unspecified atom stereocenters. The van der Waals surface area contributed by atoms with E-state index in [1.807, 2.05) is 13.1 Å². The first-order chi connectivity index (χ1) is 22.2. The Labute approximate surface area is 281 Å². The number of nitrogens with zero attached hydrogens (tertiary/aromatic N) is 6. The first-order valence-corrected chi connectivity index (χ1v) is 18.8. The SMILES string of the molecule is C/C(C=C1SC2=C(CCCC2)N1C)=c1\s/c(=c2/s/c(=c3/sc(=C(C#N)C#N)n(CCS(=O)(=O)O)c3=O)n(CC(=O)O)c2=O)n(C)c1=O. The van der Waals surface area contributed by atoms with Crippen LogP contribution in [-0.4, -0.2) is 55.4 Å². The lowest BCUT2D eigenvalue weighted by atomic mass is 10.0. The Morgan fingerprint density at radius 1 is 0.957 bits per heavy atom. The third-order valence-corrected chi connectivity index (χ3v) is 13.5. The van der Waals surface area contributed by atoms with Gasteiger partial charge in [0.2, 0.25) is 0 Å². The van der Waals surface area contributed by atoms with Crippen molar-refractivity contribution in [1.82, 2.24) is 18.6 Å². The second-order valence-corrected chi connectivity index (χ2v) is 16.3. The lowest BCUT2D eigenvalue weighted by Gasteiger charge is -2.19. The van der Waals surface area contributed by atoms with Gasteiger partial charge in [0.25, 0.3) is 26.8 Å². The molecule has 5 rings (SSSR count). The zero-order chi connectivity index (χ0) is 34.4. The van der Waals surface area contributed by atoms with Crippen molar-refractivity contribution >= 4 is 73.0 Å². The normalized spacial score (nSPS) is 17.8. The maximum atomic E-state index is 13.8. The van der Waals surface area contributed by atoms with Gasteiger partial charge in [-0.05, 0) is 44.3 Å². The molecule has 19 heteroatoms. The Hall–Kier alpha value is -3.98. The van der Waals surface area contributed by atoms with Gasteiger partial charge in [-0.15, -0.1) is 34.0 Å². The Bertz CT molecular complexity index is 2610. The number of allylic oxidation sites excluding steroid dienone is 3. The van der Waals surface area contributed by atoms with Gasteiger partial charge in [0.05, 0.1) is 15.3 Å². The molecule has 0 fully saturated rings. The zero-order valence-corrected chi connectivity index (χ0v) is 29.2. The number of hydrogen-bond donors (Lipinski definition) is 2. The van der Waals surface area contributed by atoms with Crippen LogP contribution in [0.2, 0.25) is 0 Å². The molecular weight excluding hydrogens is 709 g/mol. The van der Waals surface area contributed by atoms with Gasteiger partial charge in [-0.25, -0.2) is 0 Å². The Morgan fingerprint density at radius 3 is 2.21 bits per heavy atom. The van der Waals surface area contributed by atoms with Crippen LogP contribution in [0.1, 0.15) is 32.6 Å². The number of thiazole rings is 3. The molecule has 0 saturated heterocycles. The summed E-state index contributed by atoms with van der Waals surface area (Å²) in [6, 6.07) is 3.28. The number of thioether (sulfide) groups is 1. The second-order valence-electron chi connectivity index (χ2n) is 10.6. The number of aromatic nitrogens is 3. The fourth-order valence-corrected chi connectivity index (χ4v) is 10.6. The van der Waals surface area contributed by atoms with Crippen LogP contribution in [0.3, 0.4) is 0 Å². The molecule has 1 aliphatic heterocycles. The highest BCUT2D eigenvalue weighted by atomic mass is 32.2. The standard InChI is InChI=1S/C28H26N6O8S5/c1-14(10-18-31(2)16-6-4-5-7-17(16)43-18)20-23(37)32(3)27(44-20)21-25(39)34(13-19(35)36)28(46-21)22-24(38)33(8-9-47(40,41)42)26(45-22)15(11-29)12-30/h10H,4-9,13H2,1-3H3,(H,35,36)(H,40,41,42)/b18-10?,20-14+,27-21+,28-22+. The van der Waals surface area contributed by atoms with E-state index in [2.05, 4.69) is 4.90 Å². The summed E-state index contributed by atoms with van der Waals surface area (Å²) in [4.78, 5) is 56.1. The van der Waals surface area contributed by atoms with E-state index >= 15 is 0 Å². The van der Waals surface area contributed by atoms with Gasteiger partial charge in [-0.1, -0.05) is 11.8 Å². The lowest BCUT2D eigenvalue weighted by molar-refractivity contribution is -0.137. The fraction of sp³-hybridized carbons (Fsp3) is 0.357. The predicted molar refractivity (Wildman–Crippen MR) is 178 cm³/mol. The van der Waals surface area contributed by atoms with Crippen molar-refractivity contribution in [2.75, 3.05) is 12.8 Å². The van der Waals surface area contributed by atoms with Crippen molar-refractivity contribution in [2.45, 2.75) is 45.7 Å². The molecule has 0 radical (unpaired) electrons. The highest BCUT2D eigenvalue weighted by Gasteiger charge is 2.27. The van der Waals surface area contributed by atoms with E-state index < -0.39 is 51.6 Å². The van der Waals surface area contributed by atoms with Crippen molar-refractivity contribution < 1.29 is 22.9 Å². The van der Waals surface area contributed by atoms with Crippen LogP contribution in [0, 0.1) is 41.1 Å². The second kappa shape index (κ2) is 13.3. The monoisotopic (exact) mass is 734 g/mol. The van der Waals surface area contributed by atoms with Crippen LogP contribution in [0.5, 0.6) is 0 Å². The van der Waals surface area contributed by atoms with E-state index in [4.69, 9.17) is 0 Å². The summed E-state index contributed by atoms with van der Waals surface area (Å²) in [5.74, 6) is -2.30. The number of aliphatic carboxylic acids is 1. The van der Waals surface area contributed by atoms with Gasteiger partial charge in [-0.2, -0.15) is 18.9 Å². The highest BCUT2D eigenvalue weighted by molar-refractivity contribution is 8.07. The summed E-state index contributed by atoms with van der Waals surface area (Å²) in [6.07, 6.45) is 6.20. The smallest absolute Gasteiger partial charge is 0.323 e. The van der Waals surface area contributed by atoms with E-state index in [-0.39, 0.29) is 28.6 Å². The predicted octanol–water partition coefficient (Wildman–Crippen LogP) is 1.11. The number of carboxylic acids is 1. The molecule has 3 aromatic rings. The molecule has 3 aromatic heterocycles. The van der Waals surface area contributed by atoms with E-state index in [1.165, 1.54) is 22.2 Å². The largest absolute Gasteiger partial charge is 0.480 e. The molecule has 0 aromatic carbocycles. The summed E-state index contributed by atoms with van der Waals surface area (Å²) in [7, 11) is -1.06. The van der Waals surface area contributed by atoms with Gasteiger partial charge in [-0.3, -0.25) is 32.9 Å². The average molecular weight is 735 g/mol. The van der Waals surface area contributed by atoms with Crippen LogP contribution in [0.4, 0.5) is 0 Å². The van der Waals surface area contributed by atoms with Crippen molar-refractivity contribution in [3.8, 4) is 12.1 Å². The van der Waals surface area contributed by atoms with Crippen LogP contribution in [0.25, 0.3) is 11.1 Å². The molecule has 0 spiro atoms. The summed E-state index contributed by atoms with van der Waals surface area (Å²) < 4.78 is 35.1. The van der Waals surface area contributed by atoms with Crippen LogP contribution < -0.4 is 25.9 Å². The summed E-state index contributed by atoms with van der Waals surface area (Å²) >= 11 is 4.11. The molecular formula is C28H26N6O8S5. The Balaban J connectivity index is 1.86. The van der Waals surface area contributed by atoms with Crippen molar-refractivity contribution in [3.05, 3.63) is 80.4 Å². The topological polar surface area (TPSA) is 208 Å². The van der Waals surface area contributed by atoms with Gasteiger partial charge in [0, 0.05) is 31.2 Å². The minimum absolute atomic E-state index is 0.00866. The summed E-state index contributed by atoms with van der Waals surface area (Å²) in [5, 5.41) is 29.6. The number of nitriles is 2. The fourth-order valence-electron chi connectivity index (χ4n) is 5.19. The molecule has 4 heterocycles. The van der Waals surface area contributed by atoms with E-state index in [1.54, 1.807) is 30.8 Å². The molecule has 246 valence electrons. The molecule has 14 nitrogen and oxygen atoms in total. The van der Waals surface area contributed by atoms with Crippen LogP contribution in [0.15, 0.2) is 36.1 Å². The van der Waals surface area contributed by atoms with Crippen LogP contribution >= 0.6 is 45.8 Å². The highest BCUT2D eigenvalue weighted by Crippen LogP contribution is 2.47. The number of rotatable bonds is 6. The van der Waals surface area contributed by atoms with Crippen molar-refractivity contribution in [2.24, 2.45) is 7.05 Å². The maximum absolute atomic E-state index is 13.8. The van der Waals surface area contributed by atoms with E-state index in [0.29, 0.717) is 21.4 Å². The summed E-state index contributed by atoms with van der Waals surface area (Å²) in [5.41, 5.74) is -0.596. The van der Waals surface area contributed by atoms with Gasteiger partial charge in [0.15, 0.2) is 5.57 Å². The molecule has 0 saturated carbocycles. The molecule has 2 N–H and O–H groups in total. The molecule has 0 bridgehead atoms. The molecule has 47 heavy (non-hydrogen) atoms. The third-order valence-electron chi connectivity index (χ3n) is 7.51. The molecule has 0 atom stereocenters. The lowest BCUT2D eigenvalue weighted by Crippen LogP contribution is -2.30. The minimum atomic E-state index is -4.55. The molecule has 0 amide bonds. The number of carbonyl (C=O) groups is 1. The van der Waals surface area contributed by atoms with Gasteiger partial charge < -0.3 is 14.6 Å². The third kappa shape index (κ3) is 6.59. The summed E-state index contributed by atoms with van der Waals surface area (Å²) in [6.45, 7) is 0.343. The quantitative estimate of drug-likeness (QED) is 0.342. The first kappa shape index (κ1) is 34.4. The molecule has 2 aliphatic rings. The van der Waals surface area contributed by atoms with Crippen molar-refractivity contribution in [3.63, 3.8) is 0 Å².